The van der Waals surface area contributed by atoms with Crippen LogP contribution in [0.4, 0.5) is 0 Å². The highest BCUT2D eigenvalue weighted by molar-refractivity contribution is 5.81. The molecule has 0 saturated carbocycles. The van der Waals surface area contributed by atoms with E-state index in [0.717, 1.165) is 57.9 Å². The molecule has 0 unspecified atom stereocenters. The lowest BCUT2D eigenvalue weighted by Crippen LogP contribution is -2.47. The number of aliphatic hydroxyl groups is 3. The summed E-state index contributed by atoms with van der Waals surface area (Å²) in [6.07, 6.45) is 29.8. The van der Waals surface area contributed by atoms with Crippen molar-refractivity contribution < 1.29 is 38.9 Å². The number of nitrogens with one attached hydrogen (secondary N) is 2. The Bertz CT molecular complexity index is 1150. The number of hydrogen-bond acceptors (Lipinski definition) is 7. The first kappa shape index (κ1) is 54.8. The van der Waals surface area contributed by atoms with Crippen LogP contribution < -0.4 is 10.6 Å². The Morgan fingerprint density at radius 1 is 0.593 bits per heavy atom. The van der Waals surface area contributed by atoms with E-state index in [1.54, 1.807) is 0 Å². The molecule has 5 atom stereocenters. The number of amides is 2. The van der Waals surface area contributed by atoms with Gasteiger partial charge in [0.15, 0.2) is 18.9 Å². The molecule has 0 aromatic carbocycles. The van der Waals surface area contributed by atoms with Crippen molar-refractivity contribution in [2.45, 2.75) is 230 Å². The van der Waals surface area contributed by atoms with Crippen molar-refractivity contribution in [3.05, 3.63) is 0 Å². The zero-order valence-corrected chi connectivity index (χ0v) is 38.4. The Morgan fingerprint density at radius 3 is 1.39 bits per heavy atom. The number of quaternary nitrogens is 1. The molecule has 1 aliphatic rings. The normalized spacial score (nSPS) is 18.2. The molecule has 5 N–H and O–H groups in total. The number of unbranched alkanes of at least 4 members (excludes halogenated alkanes) is 27. The summed E-state index contributed by atoms with van der Waals surface area (Å²) < 4.78 is 11.6. The maximum absolute atomic E-state index is 12.4. The van der Waals surface area contributed by atoms with E-state index in [1.165, 1.54) is 141 Å². The highest BCUT2D eigenvalue weighted by atomic mass is 16.7. The molecule has 2 amide bonds. The minimum Gasteiger partial charge on any atom is -0.387 e. The maximum Gasteiger partial charge on any atom is 0.275 e. The SMILES string of the molecule is CCCCO[C@@H]1O[C@H]([C@H](O)C(=O)NCCCCCCCCCCCCCCCC#CC#CCCCCCCCCCCCCCCCNC(=O)C[N+](C)(C)C)[C@H](O)[C@H]1O. The highest BCUT2D eigenvalue weighted by Gasteiger charge is 2.48. The summed E-state index contributed by atoms with van der Waals surface area (Å²) in [6, 6.07) is 0. The molecule has 1 heterocycles. The molecule has 0 radical (unpaired) electrons. The van der Waals surface area contributed by atoms with E-state index in [0.29, 0.717) is 24.2 Å². The van der Waals surface area contributed by atoms with Gasteiger partial charge in [-0.05, 0) is 43.9 Å². The van der Waals surface area contributed by atoms with Crippen LogP contribution in [0.3, 0.4) is 0 Å². The Morgan fingerprint density at radius 2 is 0.983 bits per heavy atom. The predicted octanol–water partition coefficient (Wildman–Crippen LogP) is 8.48. The molecule has 1 rings (SSSR count). The summed E-state index contributed by atoms with van der Waals surface area (Å²) in [5, 5.41) is 36.5. The zero-order chi connectivity index (χ0) is 43.2. The molecule has 59 heavy (non-hydrogen) atoms. The fourth-order valence-electron chi connectivity index (χ4n) is 7.37. The van der Waals surface area contributed by atoms with Crippen LogP contribution in [0.5, 0.6) is 0 Å². The van der Waals surface area contributed by atoms with Crippen LogP contribution in [0.2, 0.25) is 0 Å². The monoisotopic (exact) mass is 833 g/mol. The molecular weight excluding hydrogens is 743 g/mol. The maximum atomic E-state index is 12.4. The van der Waals surface area contributed by atoms with Gasteiger partial charge in [0.1, 0.15) is 18.3 Å². The van der Waals surface area contributed by atoms with Gasteiger partial charge in [-0.15, -0.1) is 0 Å². The van der Waals surface area contributed by atoms with E-state index in [-0.39, 0.29) is 5.91 Å². The van der Waals surface area contributed by atoms with Gasteiger partial charge in [-0.2, -0.15) is 0 Å². The van der Waals surface area contributed by atoms with E-state index in [2.05, 4.69) is 34.3 Å². The quantitative estimate of drug-likeness (QED) is 0.0239. The van der Waals surface area contributed by atoms with Crippen molar-refractivity contribution in [1.82, 2.24) is 10.6 Å². The number of carbonyl (C=O) groups excluding carboxylic acids is 2. The van der Waals surface area contributed by atoms with Gasteiger partial charge in [0.25, 0.3) is 11.8 Å². The third-order valence-electron chi connectivity index (χ3n) is 11.1. The van der Waals surface area contributed by atoms with Gasteiger partial charge in [0.2, 0.25) is 0 Å². The average molecular weight is 833 g/mol. The van der Waals surface area contributed by atoms with Crippen LogP contribution in [-0.4, -0.2) is 110 Å². The van der Waals surface area contributed by atoms with E-state index >= 15 is 0 Å². The molecule has 342 valence electrons. The van der Waals surface area contributed by atoms with Crippen molar-refractivity contribution in [3.63, 3.8) is 0 Å². The summed E-state index contributed by atoms with van der Waals surface area (Å²) in [5.74, 6) is 12.1. The smallest absolute Gasteiger partial charge is 0.275 e. The van der Waals surface area contributed by atoms with Crippen LogP contribution in [-0.2, 0) is 19.1 Å². The number of ether oxygens (including phenoxy) is 2. The predicted molar refractivity (Wildman–Crippen MR) is 241 cm³/mol. The molecule has 10 heteroatoms. The molecule has 0 bridgehead atoms. The van der Waals surface area contributed by atoms with Crippen molar-refractivity contribution in [2.24, 2.45) is 0 Å². The Hall–Kier alpha value is -2.18. The largest absolute Gasteiger partial charge is 0.387 e. The first-order chi connectivity index (χ1) is 28.6. The number of carbonyl (C=O) groups is 2. The molecule has 0 aromatic heterocycles. The van der Waals surface area contributed by atoms with Crippen LogP contribution in [0.25, 0.3) is 0 Å². The lowest BCUT2D eigenvalue weighted by atomic mass is 10.0. The molecule has 1 saturated heterocycles. The molecule has 1 aliphatic heterocycles. The molecule has 0 spiro atoms. The van der Waals surface area contributed by atoms with Crippen molar-refractivity contribution >= 4 is 11.8 Å². The lowest BCUT2D eigenvalue weighted by molar-refractivity contribution is -0.862. The number of aliphatic hydroxyl groups excluding tert-OH is 3. The summed E-state index contributed by atoms with van der Waals surface area (Å²) in [7, 11) is 6.13. The fraction of sp³-hybridized carbons (Fsp3) is 0.878. The number of rotatable bonds is 38. The van der Waals surface area contributed by atoms with Gasteiger partial charge >= 0.3 is 0 Å². The standard InChI is InChI=1S/C49H89N3O7/c1-5-6-41-58-49-45(55)44(54)47(59-49)46(56)48(57)51-40-38-36-34-32-30-28-26-24-22-20-18-16-14-12-10-8-7-9-11-13-15-17-19-21-23-25-27-29-31-33-35-37-39-50-43(53)42-52(2,3)4/h44-47,49,54-56H,5-6,11-42H2,1-4H3,(H-,50,51,53,57)/p+1/t44-,45-,46+,47+,49-/m1/s1. The van der Waals surface area contributed by atoms with Crippen molar-refractivity contribution in [2.75, 3.05) is 47.4 Å². The molecule has 0 aromatic rings. The third kappa shape index (κ3) is 32.2. The van der Waals surface area contributed by atoms with Gasteiger partial charge in [-0.1, -0.05) is 166 Å². The third-order valence-corrected chi connectivity index (χ3v) is 11.1. The van der Waals surface area contributed by atoms with Crippen LogP contribution in [0.1, 0.15) is 200 Å². The Kier molecular flexibility index (Phi) is 34.9. The minimum atomic E-state index is -1.56. The Labute approximate surface area is 361 Å². The summed E-state index contributed by atoms with van der Waals surface area (Å²) in [4.78, 5) is 24.2. The van der Waals surface area contributed by atoms with E-state index in [4.69, 9.17) is 9.47 Å². The number of nitrogens with zero attached hydrogens (tertiary/aromatic N) is 1. The van der Waals surface area contributed by atoms with Crippen LogP contribution in [0, 0.1) is 23.7 Å². The topological polar surface area (TPSA) is 137 Å². The van der Waals surface area contributed by atoms with Gasteiger partial charge in [-0.25, -0.2) is 0 Å². The highest BCUT2D eigenvalue weighted by Crippen LogP contribution is 2.25. The number of hydrogen-bond donors (Lipinski definition) is 5. The van der Waals surface area contributed by atoms with Crippen molar-refractivity contribution in [1.29, 1.82) is 0 Å². The second kappa shape index (κ2) is 37.6. The molecule has 0 aliphatic carbocycles. The lowest BCUT2D eigenvalue weighted by Gasteiger charge is -2.22. The molecule has 10 nitrogen and oxygen atoms in total. The average Bonchev–Trinajstić information content (AvgIpc) is 3.48. The van der Waals surface area contributed by atoms with Gasteiger partial charge in [-0.3, -0.25) is 9.59 Å². The second-order valence-corrected chi connectivity index (χ2v) is 18.0. The zero-order valence-electron chi connectivity index (χ0n) is 38.4. The van der Waals surface area contributed by atoms with Gasteiger partial charge in [0.05, 0.1) is 21.1 Å². The van der Waals surface area contributed by atoms with E-state index in [1.807, 2.05) is 28.1 Å². The molecule has 1 fully saturated rings. The van der Waals surface area contributed by atoms with Gasteiger partial charge in [0, 0.05) is 32.5 Å². The summed E-state index contributed by atoms with van der Waals surface area (Å²) in [6.45, 7) is 4.22. The summed E-state index contributed by atoms with van der Waals surface area (Å²) in [5.41, 5.74) is 0. The molecular formula is C49H90N3O7+. The van der Waals surface area contributed by atoms with E-state index < -0.39 is 36.6 Å². The second-order valence-electron chi connectivity index (χ2n) is 18.0. The Balaban J connectivity index is 1.79. The number of likely N-dealkylation sites (N-methyl/N-ethyl adjacent to an activating group) is 1. The first-order valence-corrected chi connectivity index (χ1v) is 24.2. The van der Waals surface area contributed by atoms with Crippen LogP contribution in [0.15, 0.2) is 0 Å². The summed E-state index contributed by atoms with van der Waals surface area (Å²) >= 11 is 0. The van der Waals surface area contributed by atoms with Gasteiger partial charge < -0.3 is 39.9 Å². The van der Waals surface area contributed by atoms with E-state index in [9.17, 15) is 24.9 Å². The fourth-order valence-corrected chi connectivity index (χ4v) is 7.37. The first-order valence-electron chi connectivity index (χ1n) is 24.2. The van der Waals surface area contributed by atoms with Crippen molar-refractivity contribution in [3.8, 4) is 23.7 Å². The van der Waals surface area contributed by atoms with Crippen LogP contribution >= 0.6 is 0 Å². The minimum absolute atomic E-state index is 0.161.